The number of rotatable bonds is 4. The maximum atomic E-state index is 10.0. The number of aliphatic hydroxyl groups excluding tert-OH is 1. The van der Waals surface area contributed by atoms with Crippen LogP contribution in [0, 0.1) is 0 Å². The second-order valence-electron chi connectivity index (χ2n) is 4.17. The van der Waals surface area contributed by atoms with Gasteiger partial charge in [0.1, 0.15) is 12.6 Å². The molecule has 0 aliphatic heterocycles. The Hall–Kier alpha value is -0.650. The lowest BCUT2D eigenvalue weighted by Crippen LogP contribution is -2.43. The molecule has 0 aromatic rings. The summed E-state index contributed by atoms with van der Waals surface area (Å²) in [6, 6.07) is 0. The van der Waals surface area contributed by atoms with Crippen molar-refractivity contribution >= 4 is 22.8 Å². The third-order valence-corrected chi connectivity index (χ3v) is 1.16. The molecule has 0 saturated carbocycles. The van der Waals surface area contributed by atoms with Crippen LogP contribution in [-0.4, -0.2) is 54.6 Å². The van der Waals surface area contributed by atoms with E-state index in [1.54, 1.807) is 0 Å². The minimum Gasteiger partial charge on any atom is -0.550 e. The van der Waals surface area contributed by atoms with Crippen molar-refractivity contribution in [1.29, 1.82) is 0 Å². The van der Waals surface area contributed by atoms with Crippen molar-refractivity contribution < 1.29 is 24.3 Å². The predicted molar refractivity (Wildman–Crippen MR) is 55.1 cm³/mol. The number of likely N-dealkylation sites (N-methyl/N-ethyl adjacent to an activating group) is 1. The molecule has 0 aliphatic carbocycles. The normalized spacial score (nSPS) is 12.4. The number of hydrogen-bond acceptors (Lipinski definition) is 4. The van der Waals surface area contributed by atoms with E-state index in [4.69, 9.17) is 5.11 Å². The Morgan fingerprint density at radius 1 is 1.40 bits per heavy atom. The summed E-state index contributed by atoms with van der Waals surface area (Å²) in [5.41, 5.74) is 0. The number of hydrogen-bond donors (Lipinski definition) is 1. The second kappa shape index (κ2) is 7.62. The molecule has 6 heteroatoms. The minimum absolute atomic E-state index is 0.282. The lowest BCUT2D eigenvalue weighted by Gasteiger charge is -2.26. The zero-order valence-corrected chi connectivity index (χ0v) is 10.2. The molecule has 0 spiro atoms. The number of aliphatic hydroxyl groups is 1. The number of carbonyl (C=O) groups excluding carboxylic acids is 2. The highest BCUT2D eigenvalue weighted by Crippen LogP contribution is 1.97. The van der Waals surface area contributed by atoms with Gasteiger partial charge in [-0.15, -0.1) is 0 Å². The van der Waals surface area contributed by atoms with Crippen molar-refractivity contribution in [2.24, 2.45) is 0 Å². The first-order chi connectivity index (χ1) is 6.54. The van der Waals surface area contributed by atoms with Crippen molar-refractivity contribution in [1.82, 2.24) is 0 Å². The smallest absolute Gasteiger partial charge is 0.218 e. The Morgan fingerprint density at radius 3 is 1.93 bits per heavy atom. The van der Waals surface area contributed by atoms with Gasteiger partial charge < -0.3 is 19.5 Å². The molecule has 0 aliphatic rings. The highest BCUT2D eigenvalue weighted by Gasteiger charge is 2.14. The van der Waals surface area contributed by atoms with E-state index in [0.717, 1.165) is 0 Å². The first-order valence-corrected chi connectivity index (χ1v) is 4.77. The zero-order valence-electron chi connectivity index (χ0n) is 9.49. The SMILES string of the molecule is CC(=O)Cl.C[N+](C)(C)C[C@H](O)CC(=O)[O-]. The van der Waals surface area contributed by atoms with Crippen molar-refractivity contribution in [3.8, 4) is 0 Å². The van der Waals surface area contributed by atoms with Crippen LogP contribution in [0.1, 0.15) is 13.3 Å². The Labute approximate surface area is 94.8 Å². The van der Waals surface area contributed by atoms with Gasteiger partial charge in [-0.25, -0.2) is 0 Å². The van der Waals surface area contributed by atoms with Gasteiger partial charge in [0.25, 0.3) is 0 Å². The summed E-state index contributed by atoms with van der Waals surface area (Å²) >= 11 is 4.64. The summed E-state index contributed by atoms with van der Waals surface area (Å²) in [4.78, 5) is 19.2. The average molecular weight is 240 g/mol. The summed E-state index contributed by atoms with van der Waals surface area (Å²) in [6.07, 6.45) is -1.09. The summed E-state index contributed by atoms with van der Waals surface area (Å²) in [5.74, 6) is -1.20. The van der Waals surface area contributed by atoms with E-state index < -0.39 is 12.1 Å². The van der Waals surface area contributed by atoms with Crippen LogP contribution in [-0.2, 0) is 9.59 Å². The number of quaternary nitrogens is 1. The largest absolute Gasteiger partial charge is 0.550 e. The summed E-state index contributed by atoms with van der Waals surface area (Å²) in [7, 11) is 5.66. The molecule has 0 aromatic heterocycles. The van der Waals surface area contributed by atoms with Gasteiger partial charge in [0, 0.05) is 19.3 Å². The first kappa shape index (κ1) is 16.8. The van der Waals surface area contributed by atoms with Crippen LogP contribution in [0.2, 0.25) is 0 Å². The average Bonchev–Trinajstić information content (AvgIpc) is 1.76. The fraction of sp³-hybridized carbons (Fsp3) is 0.778. The molecule has 0 rings (SSSR count). The zero-order chi connectivity index (χ0) is 12.6. The highest BCUT2D eigenvalue weighted by atomic mass is 35.5. The Bertz CT molecular complexity index is 209. The number of carboxylic acid groups (broad SMARTS) is 1. The summed E-state index contributed by atoms with van der Waals surface area (Å²) < 4.78 is 0.550. The van der Waals surface area contributed by atoms with Crippen LogP contribution in [0.15, 0.2) is 0 Å². The molecule has 15 heavy (non-hydrogen) atoms. The molecule has 5 nitrogen and oxygen atoms in total. The lowest BCUT2D eigenvalue weighted by atomic mass is 10.2. The van der Waals surface area contributed by atoms with Gasteiger partial charge in [-0.05, 0) is 11.6 Å². The first-order valence-electron chi connectivity index (χ1n) is 4.39. The monoisotopic (exact) mass is 239 g/mol. The molecule has 0 aromatic carbocycles. The van der Waals surface area contributed by atoms with Crippen LogP contribution in [0.5, 0.6) is 0 Å². The molecule has 90 valence electrons. The number of carbonyl (C=O) groups is 2. The van der Waals surface area contributed by atoms with Crippen molar-refractivity contribution in [2.75, 3.05) is 27.7 Å². The standard InChI is InChI=1S/C7H15NO3.C2H3ClO/c1-8(2,3)5-6(9)4-7(10)11;1-2(3)4/h6,9H,4-5H2,1-3H3;1H3/t6-;/m1./s1. The fourth-order valence-corrected chi connectivity index (χ4v) is 0.889. The lowest BCUT2D eigenvalue weighted by molar-refractivity contribution is -0.873. The van der Waals surface area contributed by atoms with E-state index in [9.17, 15) is 14.7 Å². The molecule has 0 heterocycles. The second-order valence-corrected chi connectivity index (χ2v) is 4.71. The van der Waals surface area contributed by atoms with Gasteiger partial charge in [0.15, 0.2) is 0 Å². The quantitative estimate of drug-likeness (QED) is 0.503. The van der Waals surface area contributed by atoms with Crippen molar-refractivity contribution in [3.05, 3.63) is 0 Å². The van der Waals surface area contributed by atoms with E-state index >= 15 is 0 Å². The molecule has 1 N–H and O–H groups in total. The third-order valence-electron chi connectivity index (χ3n) is 1.16. The van der Waals surface area contributed by atoms with Gasteiger partial charge in [-0.1, -0.05) is 0 Å². The van der Waals surface area contributed by atoms with Crippen LogP contribution < -0.4 is 5.11 Å². The van der Waals surface area contributed by atoms with Crippen LogP contribution in [0.25, 0.3) is 0 Å². The van der Waals surface area contributed by atoms with Gasteiger partial charge >= 0.3 is 0 Å². The molecule has 0 radical (unpaired) electrons. The van der Waals surface area contributed by atoms with E-state index in [-0.39, 0.29) is 11.7 Å². The maximum absolute atomic E-state index is 10.0. The number of aliphatic carboxylic acids is 1. The highest BCUT2D eigenvalue weighted by molar-refractivity contribution is 6.62. The van der Waals surface area contributed by atoms with Gasteiger partial charge in [-0.2, -0.15) is 0 Å². The Morgan fingerprint density at radius 2 is 1.73 bits per heavy atom. The minimum atomic E-state index is -1.20. The number of carboxylic acids is 1. The van der Waals surface area contributed by atoms with E-state index in [1.807, 2.05) is 21.1 Å². The Balaban J connectivity index is 0. The molecule has 0 saturated heterocycles. The van der Waals surface area contributed by atoms with Gasteiger partial charge in [0.2, 0.25) is 5.24 Å². The van der Waals surface area contributed by atoms with Gasteiger partial charge in [-0.3, -0.25) is 4.79 Å². The van der Waals surface area contributed by atoms with Crippen molar-refractivity contribution in [2.45, 2.75) is 19.4 Å². The molecule has 0 bridgehead atoms. The third kappa shape index (κ3) is 24.7. The predicted octanol–water partition coefficient (Wildman–Crippen LogP) is -1.03. The van der Waals surface area contributed by atoms with Crippen LogP contribution in [0.4, 0.5) is 0 Å². The van der Waals surface area contributed by atoms with E-state index in [1.165, 1.54) is 6.92 Å². The topological polar surface area (TPSA) is 77.4 Å². The number of nitrogens with zero attached hydrogens (tertiary/aromatic N) is 1. The molecular weight excluding hydrogens is 222 g/mol. The van der Waals surface area contributed by atoms with Crippen LogP contribution >= 0.6 is 11.6 Å². The molecule has 0 amide bonds. The van der Waals surface area contributed by atoms with E-state index in [2.05, 4.69) is 11.6 Å². The maximum Gasteiger partial charge on any atom is 0.218 e. The molecular formula is C9H18ClNO4. The number of halogens is 1. The van der Waals surface area contributed by atoms with Crippen LogP contribution in [0.3, 0.4) is 0 Å². The molecule has 0 unspecified atom stereocenters. The summed E-state index contributed by atoms with van der Waals surface area (Å²) in [6.45, 7) is 1.72. The Kier molecular flexibility index (Phi) is 8.51. The van der Waals surface area contributed by atoms with Crippen molar-refractivity contribution in [3.63, 3.8) is 0 Å². The molecule has 0 fully saturated rings. The van der Waals surface area contributed by atoms with E-state index in [0.29, 0.717) is 11.0 Å². The van der Waals surface area contributed by atoms with Gasteiger partial charge in [0.05, 0.1) is 21.1 Å². The summed E-state index contributed by atoms with van der Waals surface area (Å²) in [5, 5.41) is 18.8. The molecule has 1 atom stereocenters. The fourth-order valence-electron chi connectivity index (χ4n) is 0.889.